The van der Waals surface area contributed by atoms with Crippen LogP contribution in [0.3, 0.4) is 0 Å². The largest absolute Gasteiger partial charge is 0.494 e. The first-order valence-corrected chi connectivity index (χ1v) is 6.19. The SMILES string of the molecule is COc1cncc(Br)c1S(=O)(=O)Cl. The fraction of sp³-hybridized carbons (Fsp3) is 0.167. The molecule has 0 atom stereocenters. The van der Waals surface area contributed by atoms with Gasteiger partial charge < -0.3 is 4.74 Å². The minimum Gasteiger partial charge on any atom is -0.494 e. The van der Waals surface area contributed by atoms with Gasteiger partial charge in [0.1, 0.15) is 4.90 Å². The van der Waals surface area contributed by atoms with Crippen molar-refractivity contribution in [3.63, 3.8) is 0 Å². The van der Waals surface area contributed by atoms with Crippen molar-refractivity contribution in [2.75, 3.05) is 7.11 Å². The zero-order chi connectivity index (χ0) is 10.1. The summed E-state index contributed by atoms with van der Waals surface area (Å²) in [5.41, 5.74) is 0. The zero-order valence-corrected chi connectivity index (χ0v) is 9.65. The van der Waals surface area contributed by atoms with Crippen LogP contribution in [0.5, 0.6) is 5.75 Å². The van der Waals surface area contributed by atoms with Crippen LogP contribution in [0.2, 0.25) is 0 Å². The first-order valence-electron chi connectivity index (χ1n) is 3.09. The van der Waals surface area contributed by atoms with Crippen LogP contribution in [-0.2, 0) is 9.05 Å². The molecule has 0 radical (unpaired) electrons. The van der Waals surface area contributed by atoms with E-state index in [1.54, 1.807) is 0 Å². The number of ether oxygens (including phenoxy) is 1. The van der Waals surface area contributed by atoms with E-state index < -0.39 is 9.05 Å². The van der Waals surface area contributed by atoms with Gasteiger partial charge in [0, 0.05) is 16.9 Å². The normalized spacial score (nSPS) is 11.3. The number of hydrogen-bond acceptors (Lipinski definition) is 4. The molecule has 0 fully saturated rings. The monoisotopic (exact) mass is 285 g/mol. The van der Waals surface area contributed by atoms with Gasteiger partial charge in [-0.1, -0.05) is 0 Å². The standard InChI is InChI=1S/C6H5BrClNO3S/c1-12-5-3-9-2-4(7)6(5)13(8,10)11/h2-3H,1H3. The molecule has 0 saturated carbocycles. The van der Waals surface area contributed by atoms with E-state index in [1.807, 2.05) is 0 Å². The lowest BCUT2D eigenvalue weighted by Crippen LogP contribution is -1.98. The van der Waals surface area contributed by atoms with Crippen molar-refractivity contribution in [1.29, 1.82) is 0 Å². The van der Waals surface area contributed by atoms with E-state index in [-0.39, 0.29) is 15.1 Å². The van der Waals surface area contributed by atoms with Crippen molar-refractivity contribution in [2.45, 2.75) is 4.90 Å². The molecule has 0 N–H and O–H groups in total. The van der Waals surface area contributed by atoms with Gasteiger partial charge in [0.05, 0.1) is 17.8 Å². The van der Waals surface area contributed by atoms with E-state index >= 15 is 0 Å². The molecule has 0 aliphatic carbocycles. The van der Waals surface area contributed by atoms with Gasteiger partial charge in [-0.15, -0.1) is 0 Å². The molecule has 0 aliphatic heterocycles. The van der Waals surface area contributed by atoms with Gasteiger partial charge >= 0.3 is 0 Å². The second-order valence-electron chi connectivity index (χ2n) is 2.09. The quantitative estimate of drug-likeness (QED) is 0.778. The molecule has 0 saturated heterocycles. The summed E-state index contributed by atoms with van der Waals surface area (Å²) in [4.78, 5) is 3.63. The number of pyridine rings is 1. The fourth-order valence-electron chi connectivity index (χ4n) is 0.787. The van der Waals surface area contributed by atoms with E-state index in [9.17, 15) is 8.42 Å². The van der Waals surface area contributed by atoms with E-state index in [4.69, 9.17) is 15.4 Å². The van der Waals surface area contributed by atoms with Crippen LogP contribution in [-0.4, -0.2) is 20.5 Å². The van der Waals surface area contributed by atoms with Gasteiger partial charge in [-0.25, -0.2) is 8.42 Å². The molecule has 4 nitrogen and oxygen atoms in total. The maximum Gasteiger partial charge on any atom is 0.266 e. The van der Waals surface area contributed by atoms with Crippen molar-refractivity contribution in [1.82, 2.24) is 4.98 Å². The molecule has 13 heavy (non-hydrogen) atoms. The summed E-state index contributed by atoms with van der Waals surface area (Å²) in [7, 11) is 2.71. The lowest BCUT2D eigenvalue weighted by Gasteiger charge is -2.05. The predicted molar refractivity (Wildman–Crippen MR) is 51.5 cm³/mol. The molecule has 1 heterocycles. The van der Waals surface area contributed by atoms with Crippen LogP contribution in [0, 0.1) is 0 Å². The van der Waals surface area contributed by atoms with Crippen molar-refractivity contribution in [3.05, 3.63) is 16.9 Å². The third kappa shape index (κ3) is 2.32. The summed E-state index contributed by atoms with van der Waals surface area (Å²) >= 11 is 3.02. The smallest absolute Gasteiger partial charge is 0.266 e. The summed E-state index contributed by atoms with van der Waals surface area (Å²) in [6, 6.07) is 0. The highest BCUT2D eigenvalue weighted by atomic mass is 79.9. The highest BCUT2D eigenvalue weighted by Crippen LogP contribution is 2.32. The van der Waals surface area contributed by atoms with Crippen LogP contribution in [0.1, 0.15) is 0 Å². The first kappa shape index (κ1) is 10.7. The molecule has 0 unspecified atom stereocenters. The molecule has 0 aliphatic rings. The van der Waals surface area contributed by atoms with E-state index in [2.05, 4.69) is 20.9 Å². The molecule has 0 spiro atoms. The van der Waals surface area contributed by atoms with Crippen LogP contribution in [0.15, 0.2) is 21.8 Å². The minimum absolute atomic E-state index is 0.105. The summed E-state index contributed by atoms with van der Waals surface area (Å²) in [5, 5.41) is 0. The molecular formula is C6H5BrClNO3S. The third-order valence-corrected chi connectivity index (χ3v) is 3.52. The molecule has 1 aromatic heterocycles. The fourth-order valence-corrected chi connectivity index (χ4v) is 3.16. The number of rotatable bonds is 2. The lowest BCUT2D eigenvalue weighted by atomic mass is 10.5. The van der Waals surface area contributed by atoms with Crippen molar-refractivity contribution < 1.29 is 13.2 Å². The van der Waals surface area contributed by atoms with Crippen molar-refractivity contribution in [2.24, 2.45) is 0 Å². The first-order chi connectivity index (χ1) is 5.96. The number of halogens is 2. The van der Waals surface area contributed by atoms with Gasteiger partial charge in [0.25, 0.3) is 9.05 Å². The van der Waals surface area contributed by atoms with Gasteiger partial charge in [0.15, 0.2) is 5.75 Å². The summed E-state index contributed by atoms with van der Waals surface area (Å²) < 4.78 is 27.2. The van der Waals surface area contributed by atoms with Gasteiger partial charge in [-0.3, -0.25) is 4.98 Å². The number of hydrogen-bond donors (Lipinski definition) is 0. The predicted octanol–water partition coefficient (Wildman–Crippen LogP) is 1.78. The topological polar surface area (TPSA) is 56.3 Å². The average Bonchev–Trinajstić information content (AvgIpc) is 2.01. The molecule has 72 valence electrons. The second kappa shape index (κ2) is 3.81. The van der Waals surface area contributed by atoms with E-state index in [0.29, 0.717) is 0 Å². The van der Waals surface area contributed by atoms with Crippen LogP contribution >= 0.6 is 26.6 Å². The number of aromatic nitrogens is 1. The van der Waals surface area contributed by atoms with Gasteiger partial charge in [0.2, 0.25) is 0 Å². The van der Waals surface area contributed by atoms with Gasteiger partial charge in [-0.05, 0) is 15.9 Å². The molecular weight excluding hydrogens is 281 g/mol. The Morgan fingerprint density at radius 2 is 2.15 bits per heavy atom. The van der Waals surface area contributed by atoms with Crippen LogP contribution in [0.25, 0.3) is 0 Å². The summed E-state index contributed by atoms with van der Waals surface area (Å²) in [5.74, 6) is 0.115. The lowest BCUT2D eigenvalue weighted by molar-refractivity contribution is 0.400. The molecule has 0 bridgehead atoms. The van der Waals surface area contributed by atoms with Crippen LogP contribution < -0.4 is 4.74 Å². The molecule has 0 amide bonds. The molecule has 1 rings (SSSR count). The van der Waals surface area contributed by atoms with E-state index in [1.165, 1.54) is 19.5 Å². The van der Waals surface area contributed by atoms with Crippen LogP contribution in [0.4, 0.5) is 0 Å². The zero-order valence-electron chi connectivity index (χ0n) is 6.49. The Labute approximate surface area is 88.4 Å². The Morgan fingerprint density at radius 3 is 2.54 bits per heavy atom. The molecule has 7 heteroatoms. The molecule has 0 aromatic carbocycles. The highest BCUT2D eigenvalue weighted by molar-refractivity contribution is 9.10. The Morgan fingerprint density at radius 1 is 1.54 bits per heavy atom. The summed E-state index contributed by atoms with van der Waals surface area (Å²) in [6.45, 7) is 0. The Bertz CT molecular complexity index is 420. The average molecular weight is 287 g/mol. The third-order valence-electron chi connectivity index (χ3n) is 1.28. The Hall–Kier alpha value is -0.330. The van der Waals surface area contributed by atoms with E-state index in [0.717, 1.165) is 0 Å². The number of nitrogens with zero attached hydrogens (tertiary/aromatic N) is 1. The maximum absolute atomic E-state index is 11.1. The highest BCUT2D eigenvalue weighted by Gasteiger charge is 2.20. The maximum atomic E-state index is 11.1. The summed E-state index contributed by atoms with van der Waals surface area (Å²) in [6.07, 6.45) is 2.61. The Balaban J connectivity index is 3.50. The second-order valence-corrected chi connectivity index (χ2v) is 5.45. The van der Waals surface area contributed by atoms with Gasteiger partial charge in [-0.2, -0.15) is 0 Å². The van der Waals surface area contributed by atoms with Crippen molar-refractivity contribution >= 4 is 35.7 Å². The van der Waals surface area contributed by atoms with Crippen molar-refractivity contribution in [3.8, 4) is 5.75 Å². The number of methoxy groups -OCH3 is 1. The minimum atomic E-state index is -3.82. The Kier molecular flexibility index (Phi) is 3.15. The molecule has 1 aromatic rings.